The van der Waals surface area contributed by atoms with Gasteiger partial charge in [0.05, 0.1) is 0 Å². The maximum atomic E-state index is 13.6. The second kappa shape index (κ2) is 24.2. The third-order valence-corrected chi connectivity index (χ3v) is 7.43. The van der Waals surface area contributed by atoms with Crippen LogP contribution in [-0.4, -0.2) is 78.1 Å². The summed E-state index contributed by atoms with van der Waals surface area (Å²) in [6, 6.07) is 17.0. The normalized spacial score (nSPS) is 12.3. The first kappa shape index (κ1) is 54.8. The minimum atomic E-state index is -1.56. The van der Waals surface area contributed by atoms with E-state index >= 15 is 0 Å². The highest BCUT2D eigenvalue weighted by Crippen LogP contribution is 2.17. The number of carbonyl (C=O) groups excluding carboxylic acids is 6. The topological polar surface area (TPSA) is 181 Å². The van der Waals surface area contributed by atoms with Crippen LogP contribution in [0.4, 0.5) is 4.79 Å². The van der Waals surface area contributed by atoms with E-state index < -0.39 is 78.1 Å². The smallest absolute Gasteiger partial charge is 0.408 e. The van der Waals surface area contributed by atoms with Gasteiger partial charge in [-0.15, -0.1) is 0 Å². The minimum absolute atomic E-state index is 0.00262. The van der Waals surface area contributed by atoms with E-state index in [0.717, 1.165) is 11.1 Å². The number of alkyl carbamates (subject to hydrolysis) is 1. The van der Waals surface area contributed by atoms with Crippen molar-refractivity contribution in [3.05, 3.63) is 71.8 Å². The summed E-state index contributed by atoms with van der Waals surface area (Å²) in [5.74, 6) is -3.37. The Morgan fingerprint density at radius 1 is 0.534 bits per heavy atom. The van der Waals surface area contributed by atoms with Gasteiger partial charge in [-0.1, -0.05) is 130 Å². The van der Waals surface area contributed by atoms with Gasteiger partial charge < -0.3 is 36.1 Å². The Balaban J connectivity index is 0.00000370. The first-order valence-corrected chi connectivity index (χ1v) is 20.3. The van der Waals surface area contributed by atoms with Crippen LogP contribution in [-0.2, 0) is 46.5 Å². The highest BCUT2D eigenvalue weighted by Gasteiger charge is 2.43. The Labute approximate surface area is 371 Å². The third-order valence-electron chi connectivity index (χ3n) is 7.43. The summed E-state index contributed by atoms with van der Waals surface area (Å²) < 4.78 is 9.22. The molecule has 2 aromatic carbocycles. The molecule has 19 heteroatoms. The predicted molar refractivity (Wildman–Crippen MR) is 231 cm³/mol. The van der Waals surface area contributed by atoms with Gasteiger partial charge in [0.2, 0.25) is 23.6 Å². The van der Waals surface area contributed by atoms with Crippen LogP contribution in [0.5, 0.6) is 0 Å². The third kappa shape index (κ3) is 22.8. The summed E-state index contributed by atoms with van der Waals surface area (Å²) in [4.78, 5) is 79.0. The fourth-order valence-electron chi connectivity index (χ4n) is 4.31. The van der Waals surface area contributed by atoms with E-state index in [9.17, 15) is 28.8 Å². The molecule has 0 aromatic heterocycles. The van der Waals surface area contributed by atoms with Crippen LogP contribution in [0.25, 0.3) is 0 Å². The van der Waals surface area contributed by atoms with Crippen molar-refractivity contribution in [3.8, 4) is 0 Å². The second-order valence-corrected chi connectivity index (χ2v) is 19.8. The summed E-state index contributed by atoms with van der Waals surface area (Å²) in [5.41, 5.74) is -5.25. The number of amides is 5. The molecule has 0 bridgehead atoms. The van der Waals surface area contributed by atoms with Gasteiger partial charge in [0, 0.05) is 6.42 Å². The molecule has 0 unspecified atom stereocenters. The number of ether oxygens (including phenoxy) is 2. The van der Waals surface area contributed by atoms with Crippen LogP contribution in [0.3, 0.4) is 0 Å². The quantitative estimate of drug-likeness (QED) is 0.0959. The van der Waals surface area contributed by atoms with Crippen LogP contribution >= 0.6 is 69.6 Å². The van der Waals surface area contributed by atoms with E-state index in [2.05, 4.69) is 26.6 Å². The van der Waals surface area contributed by atoms with Crippen molar-refractivity contribution in [2.75, 3.05) is 0 Å². The molecule has 5 N–H and O–H groups in total. The first-order valence-electron chi connectivity index (χ1n) is 17.7. The van der Waals surface area contributed by atoms with Gasteiger partial charge in [0.15, 0.2) is 8.59 Å². The first-order chi connectivity index (χ1) is 26.3. The molecule has 5 amide bonds. The van der Waals surface area contributed by atoms with Gasteiger partial charge in [0.25, 0.3) is 0 Å². The summed E-state index contributed by atoms with van der Waals surface area (Å²) in [7, 11) is 0. The van der Waals surface area contributed by atoms with Crippen molar-refractivity contribution in [3.63, 3.8) is 0 Å². The molecular weight excluding hydrogens is 879 g/mol. The highest BCUT2D eigenvalue weighted by atomic mass is 35.6. The average molecular weight is 935 g/mol. The number of alkyl halides is 6. The van der Waals surface area contributed by atoms with Gasteiger partial charge >= 0.3 is 12.1 Å². The standard InChI is InChI=1S/C37H53N5O8.2CHCl3/c1-33(2,3)50-31(47)37(10,11)42-30(46)36(8,9)41-29(45)35(6,7)40-28(44)34(4,5)39-27(43)26(22-24-18-14-12-15-19-24)38-32(48)49-23-25-20-16-13-17-21-25;2*2-1(3)4/h12-21,26H,22-23H2,1-11H3,(H,38,48)(H,39,43)(H,40,44)(H,41,45)(H,42,46);2*1H/t26-;;/m0../s1. The number of halogens is 6. The van der Waals surface area contributed by atoms with Crippen LogP contribution < -0.4 is 26.6 Å². The van der Waals surface area contributed by atoms with E-state index in [1.54, 1.807) is 57.2 Å². The number of benzene rings is 2. The van der Waals surface area contributed by atoms with Gasteiger partial charge in [-0.2, -0.15) is 0 Å². The Bertz CT molecular complexity index is 1640. The monoisotopic (exact) mass is 931 g/mol. The number of carbonyl (C=O) groups is 6. The summed E-state index contributed by atoms with van der Waals surface area (Å²) in [6.07, 6.45) is -0.702. The molecule has 0 saturated heterocycles. The molecule has 0 radical (unpaired) electrons. The summed E-state index contributed by atoms with van der Waals surface area (Å²) in [5, 5.41) is 13.2. The number of hydrogen-bond donors (Lipinski definition) is 5. The van der Waals surface area contributed by atoms with Crippen molar-refractivity contribution in [2.45, 2.75) is 132 Å². The molecule has 1 atom stereocenters. The lowest BCUT2D eigenvalue weighted by Crippen LogP contribution is -2.68. The van der Waals surface area contributed by atoms with E-state index in [-0.39, 0.29) is 13.0 Å². The fourth-order valence-corrected chi connectivity index (χ4v) is 4.31. The number of rotatable bonds is 14. The molecule has 0 fully saturated rings. The number of hydrogen-bond acceptors (Lipinski definition) is 8. The lowest BCUT2D eigenvalue weighted by Gasteiger charge is -2.36. The number of esters is 1. The van der Waals surface area contributed by atoms with Gasteiger partial charge in [-0.3, -0.25) is 19.2 Å². The molecule has 326 valence electrons. The van der Waals surface area contributed by atoms with Crippen LogP contribution in [0.2, 0.25) is 0 Å². The lowest BCUT2D eigenvalue weighted by molar-refractivity contribution is -0.163. The summed E-state index contributed by atoms with van der Waals surface area (Å²) >= 11 is 28.8. The van der Waals surface area contributed by atoms with E-state index in [4.69, 9.17) is 79.1 Å². The maximum absolute atomic E-state index is 13.6. The zero-order chi connectivity index (χ0) is 45.3. The van der Waals surface area contributed by atoms with Gasteiger partial charge in [-0.05, 0) is 87.3 Å². The lowest BCUT2D eigenvalue weighted by atomic mass is 9.95. The molecular formula is C39H55Cl6N5O8. The minimum Gasteiger partial charge on any atom is -0.458 e. The fraction of sp³-hybridized carbons (Fsp3) is 0.538. The molecule has 0 spiro atoms. The molecule has 0 aliphatic heterocycles. The van der Waals surface area contributed by atoms with Crippen molar-refractivity contribution in [2.24, 2.45) is 0 Å². The van der Waals surface area contributed by atoms with Crippen molar-refractivity contribution >= 4 is 105 Å². The van der Waals surface area contributed by atoms with E-state index in [0.29, 0.717) is 0 Å². The van der Waals surface area contributed by atoms with Gasteiger partial charge in [-0.25, -0.2) is 9.59 Å². The Kier molecular flexibility index (Phi) is 22.8. The largest absolute Gasteiger partial charge is 0.458 e. The van der Waals surface area contributed by atoms with Crippen LogP contribution in [0.15, 0.2) is 60.7 Å². The van der Waals surface area contributed by atoms with E-state index in [1.165, 1.54) is 55.4 Å². The molecule has 0 heterocycles. The molecule has 58 heavy (non-hydrogen) atoms. The Morgan fingerprint density at radius 3 is 1.26 bits per heavy atom. The van der Waals surface area contributed by atoms with Crippen molar-refractivity contribution < 1.29 is 38.2 Å². The Morgan fingerprint density at radius 2 is 0.879 bits per heavy atom. The van der Waals surface area contributed by atoms with E-state index in [1.807, 2.05) is 24.3 Å². The van der Waals surface area contributed by atoms with Crippen LogP contribution in [0, 0.1) is 0 Å². The number of nitrogens with one attached hydrogen (secondary N) is 5. The maximum Gasteiger partial charge on any atom is 0.408 e. The zero-order valence-corrected chi connectivity index (χ0v) is 39.0. The average Bonchev–Trinajstić information content (AvgIpc) is 3.06. The Hall–Kier alpha value is -3.20. The molecule has 0 saturated carbocycles. The molecule has 2 aromatic rings. The summed E-state index contributed by atoms with van der Waals surface area (Å²) in [6.45, 7) is 16.8. The van der Waals surface area contributed by atoms with Crippen molar-refractivity contribution in [1.82, 2.24) is 26.6 Å². The van der Waals surface area contributed by atoms with Crippen molar-refractivity contribution in [1.29, 1.82) is 0 Å². The molecule has 13 nitrogen and oxygen atoms in total. The SMILES string of the molecule is CC(C)(C)OC(=O)C(C)(C)NC(=O)C(C)(C)NC(=O)C(C)(C)NC(=O)C(C)(C)NC(=O)[C@H](Cc1ccccc1)NC(=O)OCc1ccccc1.ClC(Cl)Cl.ClC(Cl)Cl. The second-order valence-electron chi connectivity index (χ2n) is 15.8. The highest BCUT2D eigenvalue weighted by molar-refractivity contribution is 6.63. The molecule has 0 aliphatic rings. The zero-order valence-electron chi connectivity index (χ0n) is 34.5. The molecule has 2 rings (SSSR count). The molecule has 0 aliphatic carbocycles. The van der Waals surface area contributed by atoms with Gasteiger partial charge in [0.1, 0.15) is 40.4 Å². The predicted octanol–water partition coefficient (Wildman–Crippen LogP) is 7.42. The van der Waals surface area contributed by atoms with Crippen LogP contribution in [0.1, 0.15) is 87.3 Å².